The van der Waals surface area contributed by atoms with Crippen LogP contribution in [0.2, 0.25) is 0 Å². The Morgan fingerprint density at radius 2 is 2.22 bits per heavy atom. The molecule has 3 atom stereocenters. The van der Waals surface area contributed by atoms with E-state index in [1.165, 1.54) is 0 Å². The number of nitrogens with two attached hydrogens (primary N) is 1. The van der Waals surface area contributed by atoms with E-state index in [4.69, 9.17) is 14.9 Å². The Morgan fingerprint density at radius 1 is 1.39 bits per heavy atom. The maximum atomic E-state index is 5.90. The number of thioether (sulfide) groups is 1. The van der Waals surface area contributed by atoms with Gasteiger partial charge in [-0.15, -0.1) is 0 Å². The number of aliphatic imine (C=N–C) groups is 1. The van der Waals surface area contributed by atoms with Gasteiger partial charge in [-0.2, -0.15) is 0 Å². The van der Waals surface area contributed by atoms with Gasteiger partial charge in [-0.05, 0) is 20.3 Å². The predicted octanol–water partition coefficient (Wildman–Crippen LogP) is 1.80. The second-order valence-electron chi connectivity index (χ2n) is 4.79. The van der Waals surface area contributed by atoms with Gasteiger partial charge in [-0.3, -0.25) is 4.99 Å². The number of aromatic nitrogens is 1. The summed E-state index contributed by atoms with van der Waals surface area (Å²) >= 11 is 1.56. The molecular weight excluding hydrogens is 250 g/mol. The molecule has 0 aliphatic carbocycles. The second-order valence-corrected chi connectivity index (χ2v) is 5.96. The number of amidine groups is 1. The summed E-state index contributed by atoms with van der Waals surface area (Å²) in [4.78, 5) is 8.99. The van der Waals surface area contributed by atoms with Crippen molar-refractivity contribution in [2.45, 2.75) is 31.6 Å². The summed E-state index contributed by atoms with van der Waals surface area (Å²) in [6, 6.07) is 0.150. The minimum Gasteiger partial charge on any atom is -0.445 e. The van der Waals surface area contributed by atoms with E-state index in [-0.39, 0.29) is 11.3 Å². The van der Waals surface area contributed by atoms with E-state index in [2.05, 4.69) is 9.98 Å². The zero-order valence-electron chi connectivity index (χ0n) is 10.5. The third-order valence-electron chi connectivity index (χ3n) is 3.60. The van der Waals surface area contributed by atoms with Gasteiger partial charge in [0.05, 0.1) is 23.6 Å². The fourth-order valence-electron chi connectivity index (χ4n) is 2.49. The highest BCUT2D eigenvalue weighted by Crippen LogP contribution is 2.44. The van der Waals surface area contributed by atoms with Crippen molar-refractivity contribution in [2.75, 3.05) is 13.2 Å². The van der Waals surface area contributed by atoms with Gasteiger partial charge >= 0.3 is 0 Å². The minimum absolute atomic E-state index is 0.150. The van der Waals surface area contributed by atoms with Crippen LogP contribution in [0.5, 0.6) is 0 Å². The first kappa shape index (κ1) is 12.0. The molecule has 1 fully saturated rings. The molecule has 18 heavy (non-hydrogen) atoms. The molecule has 0 bridgehead atoms. The molecule has 2 aliphatic heterocycles. The van der Waals surface area contributed by atoms with Crippen LogP contribution in [0, 0.1) is 19.8 Å². The van der Waals surface area contributed by atoms with Gasteiger partial charge < -0.3 is 14.9 Å². The maximum Gasteiger partial charge on any atom is 0.208 e. The lowest BCUT2D eigenvalue weighted by Crippen LogP contribution is -2.39. The minimum atomic E-state index is 0.150. The zero-order chi connectivity index (χ0) is 12.7. The molecule has 1 saturated heterocycles. The Balaban J connectivity index is 1.93. The predicted molar refractivity (Wildman–Crippen MR) is 70.6 cm³/mol. The van der Waals surface area contributed by atoms with E-state index < -0.39 is 0 Å². The monoisotopic (exact) mass is 267 g/mol. The molecule has 98 valence electrons. The summed E-state index contributed by atoms with van der Waals surface area (Å²) in [6.07, 6.45) is 0.986. The summed E-state index contributed by atoms with van der Waals surface area (Å²) in [5.41, 5.74) is 6.86. The van der Waals surface area contributed by atoms with Crippen molar-refractivity contribution >= 4 is 16.9 Å². The highest BCUT2D eigenvalue weighted by atomic mass is 32.2. The lowest BCUT2D eigenvalue weighted by Gasteiger charge is -2.36. The van der Waals surface area contributed by atoms with Crippen LogP contribution >= 0.6 is 11.8 Å². The average molecular weight is 267 g/mol. The molecule has 5 nitrogen and oxygen atoms in total. The Hall–Kier alpha value is -1.01. The highest BCUT2D eigenvalue weighted by Gasteiger charge is 2.40. The summed E-state index contributed by atoms with van der Waals surface area (Å²) in [7, 11) is 0. The summed E-state index contributed by atoms with van der Waals surface area (Å²) in [6.45, 7) is 5.35. The summed E-state index contributed by atoms with van der Waals surface area (Å²) in [5.74, 6) is 2.08. The first-order chi connectivity index (χ1) is 8.65. The second kappa shape index (κ2) is 4.59. The van der Waals surface area contributed by atoms with Gasteiger partial charge in [0.25, 0.3) is 0 Å². The summed E-state index contributed by atoms with van der Waals surface area (Å²) < 4.78 is 11.2. The number of rotatable bonds is 1. The molecule has 2 aliphatic rings. The number of oxazole rings is 1. The van der Waals surface area contributed by atoms with Crippen LogP contribution in [0.15, 0.2) is 9.41 Å². The van der Waals surface area contributed by atoms with Crippen molar-refractivity contribution in [3.05, 3.63) is 17.3 Å². The van der Waals surface area contributed by atoms with Crippen LogP contribution in [-0.2, 0) is 4.74 Å². The van der Waals surface area contributed by atoms with Crippen LogP contribution in [-0.4, -0.2) is 29.4 Å². The lowest BCUT2D eigenvalue weighted by atomic mass is 9.91. The van der Waals surface area contributed by atoms with Crippen molar-refractivity contribution < 1.29 is 9.15 Å². The zero-order valence-corrected chi connectivity index (χ0v) is 11.4. The van der Waals surface area contributed by atoms with Crippen LogP contribution in [0.25, 0.3) is 0 Å². The number of aryl methyl sites for hydroxylation is 2. The highest BCUT2D eigenvalue weighted by molar-refractivity contribution is 8.14. The molecule has 0 amide bonds. The number of nitrogens with zero attached hydrogens (tertiary/aromatic N) is 2. The van der Waals surface area contributed by atoms with Crippen LogP contribution in [0.4, 0.5) is 0 Å². The van der Waals surface area contributed by atoms with Crippen molar-refractivity contribution in [2.24, 2.45) is 16.6 Å². The van der Waals surface area contributed by atoms with E-state index in [1.807, 2.05) is 13.8 Å². The SMILES string of the molecule is Cc1nc(C2SC(N)=NC3COCCC32)oc1C. The van der Waals surface area contributed by atoms with Gasteiger partial charge in [0.2, 0.25) is 5.89 Å². The molecular formula is C12H17N3O2S. The van der Waals surface area contributed by atoms with Crippen LogP contribution < -0.4 is 5.73 Å². The molecule has 0 radical (unpaired) electrons. The van der Waals surface area contributed by atoms with Gasteiger partial charge in [-0.1, -0.05) is 11.8 Å². The maximum absolute atomic E-state index is 5.90. The number of hydrogen-bond acceptors (Lipinski definition) is 6. The Bertz CT molecular complexity index is 466. The molecule has 0 aromatic carbocycles. The van der Waals surface area contributed by atoms with Crippen LogP contribution in [0.1, 0.15) is 29.0 Å². The van der Waals surface area contributed by atoms with Crippen LogP contribution in [0.3, 0.4) is 0 Å². The molecule has 0 saturated carbocycles. The van der Waals surface area contributed by atoms with Crippen molar-refractivity contribution in [3.8, 4) is 0 Å². The van der Waals surface area contributed by atoms with Gasteiger partial charge in [0, 0.05) is 12.5 Å². The van der Waals surface area contributed by atoms with E-state index in [9.17, 15) is 0 Å². The number of fused-ring (bicyclic) bond motifs is 1. The molecule has 0 spiro atoms. The van der Waals surface area contributed by atoms with E-state index >= 15 is 0 Å². The molecule has 3 rings (SSSR count). The quantitative estimate of drug-likeness (QED) is 0.840. The first-order valence-electron chi connectivity index (χ1n) is 6.16. The van der Waals surface area contributed by atoms with E-state index in [0.717, 1.165) is 30.4 Å². The molecule has 1 aromatic heterocycles. The van der Waals surface area contributed by atoms with Crippen molar-refractivity contribution in [1.82, 2.24) is 4.98 Å². The van der Waals surface area contributed by atoms with Gasteiger partial charge in [-0.25, -0.2) is 4.98 Å². The Morgan fingerprint density at radius 3 is 2.94 bits per heavy atom. The van der Waals surface area contributed by atoms with E-state index in [1.54, 1.807) is 11.8 Å². The fraction of sp³-hybridized carbons (Fsp3) is 0.667. The average Bonchev–Trinajstić information content (AvgIpc) is 2.68. The molecule has 6 heteroatoms. The number of ether oxygens (including phenoxy) is 1. The summed E-state index contributed by atoms with van der Waals surface area (Å²) in [5, 5.41) is 0.782. The lowest BCUT2D eigenvalue weighted by molar-refractivity contribution is 0.0464. The first-order valence-corrected chi connectivity index (χ1v) is 7.04. The molecule has 3 unspecified atom stereocenters. The molecule has 3 heterocycles. The Kier molecular flexibility index (Phi) is 3.07. The molecule has 2 N–H and O–H groups in total. The van der Waals surface area contributed by atoms with E-state index in [0.29, 0.717) is 17.7 Å². The third-order valence-corrected chi connectivity index (χ3v) is 4.75. The fourth-order valence-corrected chi connectivity index (χ4v) is 3.64. The normalized spacial score (nSPS) is 31.9. The van der Waals surface area contributed by atoms with Gasteiger partial charge in [0.1, 0.15) is 5.76 Å². The standard InChI is InChI=1S/C12H17N3O2S/c1-6-7(2)17-11(14-6)10-8-3-4-16-5-9(8)15-12(13)18-10/h8-10H,3-5H2,1-2H3,(H2,13,15). The molecule has 1 aromatic rings. The van der Waals surface area contributed by atoms with Gasteiger partial charge in [0.15, 0.2) is 5.17 Å². The largest absolute Gasteiger partial charge is 0.445 e. The Labute approximate surface area is 110 Å². The number of hydrogen-bond donors (Lipinski definition) is 1. The van der Waals surface area contributed by atoms with Crippen molar-refractivity contribution in [1.29, 1.82) is 0 Å². The van der Waals surface area contributed by atoms with Crippen molar-refractivity contribution in [3.63, 3.8) is 0 Å². The smallest absolute Gasteiger partial charge is 0.208 e. The third kappa shape index (κ3) is 2.03. The topological polar surface area (TPSA) is 73.6 Å².